The first-order chi connectivity index (χ1) is 10.2. The maximum atomic E-state index is 12.5. The van der Waals surface area contributed by atoms with Gasteiger partial charge in [0.2, 0.25) is 0 Å². The third kappa shape index (κ3) is 1.53. The molecule has 0 aromatic rings. The molecule has 0 aromatic carbocycles. The smallest absolute Gasteiger partial charge is 0.138 e. The summed E-state index contributed by atoms with van der Waals surface area (Å²) >= 11 is 0. The zero-order valence-corrected chi connectivity index (χ0v) is 14.3. The molecule has 0 heterocycles. The Morgan fingerprint density at radius 3 is 2.55 bits per heavy atom. The second kappa shape index (κ2) is 4.26. The molecule has 4 fully saturated rings. The average Bonchev–Trinajstić information content (AvgIpc) is 2.59. The molecule has 4 rings (SSSR count). The predicted octanol–water partition coefficient (Wildman–Crippen LogP) is 4.13. The number of rotatable bonds is 0. The first kappa shape index (κ1) is 14.9. The van der Waals surface area contributed by atoms with E-state index in [1.807, 2.05) is 0 Å². The Labute approximate surface area is 134 Å². The van der Waals surface area contributed by atoms with Gasteiger partial charge in [0.15, 0.2) is 0 Å². The highest BCUT2D eigenvalue weighted by Crippen LogP contribution is 2.71. The lowest BCUT2D eigenvalue weighted by atomic mass is 9.40. The Morgan fingerprint density at radius 1 is 1.09 bits per heavy atom. The van der Waals surface area contributed by atoms with Gasteiger partial charge in [0.1, 0.15) is 5.78 Å². The summed E-state index contributed by atoms with van der Waals surface area (Å²) in [5, 5.41) is 11.0. The SMILES string of the molecule is C=C1C[C@@]23CC[C@@H]4C(C)(C)C(=O)CC[C@@]4(C)[C@@H]2CC[C@@H]1[C@H]3O. The van der Waals surface area contributed by atoms with E-state index in [1.165, 1.54) is 12.0 Å². The third-order valence-corrected chi connectivity index (χ3v) is 8.48. The van der Waals surface area contributed by atoms with Gasteiger partial charge >= 0.3 is 0 Å². The molecule has 1 spiro atoms. The summed E-state index contributed by atoms with van der Waals surface area (Å²) in [6.07, 6.45) is 7.11. The second-order valence-corrected chi connectivity index (χ2v) is 9.49. The molecule has 6 atom stereocenters. The maximum absolute atomic E-state index is 12.5. The predicted molar refractivity (Wildman–Crippen MR) is 87.3 cm³/mol. The number of carbonyl (C=O) groups excluding carboxylic acids is 1. The minimum absolute atomic E-state index is 0.0711. The van der Waals surface area contributed by atoms with Gasteiger partial charge in [0.25, 0.3) is 0 Å². The van der Waals surface area contributed by atoms with Crippen molar-refractivity contribution in [2.24, 2.45) is 34.0 Å². The average molecular weight is 302 g/mol. The molecule has 122 valence electrons. The van der Waals surface area contributed by atoms with Crippen molar-refractivity contribution in [3.8, 4) is 0 Å². The van der Waals surface area contributed by atoms with Gasteiger partial charge in [-0.3, -0.25) is 4.79 Å². The Bertz CT molecular complexity index is 548. The molecule has 2 heteroatoms. The molecule has 1 N–H and O–H groups in total. The number of aliphatic hydroxyl groups is 1. The van der Waals surface area contributed by atoms with Crippen LogP contribution in [0, 0.1) is 34.0 Å². The van der Waals surface area contributed by atoms with E-state index in [4.69, 9.17) is 0 Å². The Hall–Kier alpha value is -0.630. The van der Waals surface area contributed by atoms with Gasteiger partial charge in [-0.2, -0.15) is 0 Å². The minimum Gasteiger partial charge on any atom is -0.392 e. The van der Waals surface area contributed by atoms with E-state index in [1.54, 1.807) is 0 Å². The van der Waals surface area contributed by atoms with Crippen molar-refractivity contribution in [1.29, 1.82) is 0 Å². The van der Waals surface area contributed by atoms with Crippen molar-refractivity contribution >= 4 is 5.78 Å². The summed E-state index contributed by atoms with van der Waals surface area (Å²) in [7, 11) is 0. The Morgan fingerprint density at radius 2 is 1.82 bits per heavy atom. The zero-order valence-electron chi connectivity index (χ0n) is 14.3. The van der Waals surface area contributed by atoms with Gasteiger partial charge in [0.05, 0.1) is 6.10 Å². The molecule has 4 saturated carbocycles. The molecule has 0 radical (unpaired) electrons. The Balaban J connectivity index is 1.78. The summed E-state index contributed by atoms with van der Waals surface area (Å²) < 4.78 is 0. The zero-order chi connectivity index (χ0) is 15.9. The van der Waals surface area contributed by atoms with E-state index in [0.717, 1.165) is 38.5 Å². The fourth-order valence-corrected chi connectivity index (χ4v) is 7.42. The molecule has 22 heavy (non-hydrogen) atoms. The maximum Gasteiger partial charge on any atom is 0.138 e. The minimum atomic E-state index is -0.188. The first-order valence-corrected chi connectivity index (χ1v) is 9.12. The van der Waals surface area contributed by atoms with E-state index in [-0.39, 0.29) is 22.3 Å². The lowest BCUT2D eigenvalue weighted by Crippen LogP contribution is -2.61. The molecule has 2 bridgehead atoms. The molecule has 0 amide bonds. The second-order valence-electron chi connectivity index (χ2n) is 9.49. The molecule has 4 aliphatic carbocycles. The fraction of sp³-hybridized carbons (Fsp3) is 0.850. The molecule has 0 saturated heterocycles. The number of carbonyl (C=O) groups is 1. The van der Waals surface area contributed by atoms with Crippen molar-refractivity contribution in [3.63, 3.8) is 0 Å². The number of hydrogen-bond acceptors (Lipinski definition) is 2. The largest absolute Gasteiger partial charge is 0.392 e. The highest BCUT2D eigenvalue weighted by Gasteiger charge is 2.67. The van der Waals surface area contributed by atoms with Crippen LogP contribution < -0.4 is 0 Å². The Kier molecular flexibility index (Phi) is 2.89. The van der Waals surface area contributed by atoms with Crippen LogP contribution in [0.25, 0.3) is 0 Å². The van der Waals surface area contributed by atoms with Crippen molar-refractivity contribution in [1.82, 2.24) is 0 Å². The summed E-state index contributed by atoms with van der Waals surface area (Å²) in [5.41, 5.74) is 1.39. The van der Waals surface area contributed by atoms with Crippen LogP contribution in [0.2, 0.25) is 0 Å². The van der Waals surface area contributed by atoms with Crippen LogP contribution in [0.3, 0.4) is 0 Å². The van der Waals surface area contributed by atoms with E-state index < -0.39 is 0 Å². The van der Waals surface area contributed by atoms with Crippen LogP contribution in [0.1, 0.15) is 65.7 Å². The standard InChI is InChI=1S/C20H30O2/c1-12-11-20-10-7-14-18(2,3)16(21)8-9-19(14,4)15(20)6-5-13(12)17(20)22/h13-15,17,22H,1,5-11H2,2-4H3/t13-,14+,15-,17+,19+,20-/m0/s1. The van der Waals surface area contributed by atoms with Gasteiger partial charge in [-0.25, -0.2) is 0 Å². The monoisotopic (exact) mass is 302 g/mol. The van der Waals surface area contributed by atoms with Crippen molar-refractivity contribution in [2.45, 2.75) is 71.8 Å². The van der Waals surface area contributed by atoms with Crippen LogP contribution >= 0.6 is 0 Å². The number of hydrogen-bond donors (Lipinski definition) is 1. The normalized spacial score (nSPS) is 53.1. The molecular weight excluding hydrogens is 272 g/mol. The van der Waals surface area contributed by atoms with E-state index in [9.17, 15) is 9.90 Å². The number of aliphatic hydroxyl groups excluding tert-OH is 1. The van der Waals surface area contributed by atoms with Gasteiger partial charge < -0.3 is 5.11 Å². The molecule has 0 unspecified atom stereocenters. The summed E-state index contributed by atoms with van der Waals surface area (Å²) in [6, 6.07) is 0. The van der Waals surface area contributed by atoms with Gasteiger partial charge in [-0.15, -0.1) is 0 Å². The topological polar surface area (TPSA) is 37.3 Å². The summed E-state index contributed by atoms with van der Waals surface area (Å²) in [6.45, 7) is 11.1. The summed E-state index contributed by atoms with van der Waals surface area (Å²) in [5.74, 6) is 1.84. The third-order valence-electron chi connectivity index (χ3n) is 8.48. The van der Waals surface area contributed by atoms with Crippen LogP contribution in [-0.2, 0) is 4.79 Å². The van der Waals surface area contributed by atoms with Crippen LogP contribution in [0.4, 0.5) is 0 Å². The van der Waals surface area contributed by atoms with Gasteiger partial charge in [-0.1, -0.05) is 32.9 Å². The molecule has 0 aromatic heterocycles. The van der Waals surface area contributed by atoms with Crippen molar-refractivity contribution in [3.05, 3.63) is 12.2 Å². The number of ketones is 1. The highest BCUT2D eigenvalue weighted by molar-refractivity contribution is 5.85. The van der Waals surface area contributed by atoms with Crippen LogP contribution in [-0.4, -0.2) is 17.0 Å². The van der Waals surface area contributed by atoms with Gasteiger partial charge in [0, 0.05) is 23.2 Å². The van der Waals surface area contributed by atoms with E-state index in [2.05, 4.69) is 27.4 Å². The van der Waals surface area contributed by atoms with Gasteiger partial charge in [-0.05, 0) is 55.8 Å². The summed E-state index contributed by atoms with van der Waals surface area (Å²) in [4.78, 5) is 12.5. The highest BCUT2D eigenvalue weighted by atomic mass is 16.3. The van der Waals surface area contributed by atoms with Crippen molar-refractivity contribution < 1.29 is 9.90 Å². The van der Waals surface area contributed by atoms with Crippen molar-refractivity contribution in [2.75, 3.05) is 0 Å². The van der Waals surface area contributed by atoms with Crippen LogP contribution in [0.5, 0.6) is 0 Å². The molecule has 0 aliphatic heterocycles. The van der Waals surface area contributed by atoms with Crippen LogP contribution in [0.15, 0.2) is 12.2 Å². The van der Waals surface area contributed by atoms with E-state index in [0.29, 0.717) is 23.5 Å². The fourth-order valence-electron chi connectivity index (χ4n) is 7.42. The lowest BCUT2D eigenvalue weighted by Gasteiger charge is -2.64. The molecular formula is C20H30O2. The first-order valence-electron chi connectivity index (χ1n) is 9.12. The molecule has 2 nitrogen and oxygen atoms in total. The van der Waals surface area contributed by atoms with E-state index >= 15 is 0 Å². The lowest BCUT2D eigenvalue weighted by molar-refractivity contribution is -0.186. The quantitative estimate of drug-likeness (QED) is 0.683. The number of Topliss-reactive ketones (excluding diaryl/α,β-unsaturated/α-hetero) is 1. The molecule has 4 aliphatic rings. The number of fused-ring (bicyclic) bond motifs is 3.